The number of halogens is 1. The van der Waals surface area contributed by atoms with E-state index in [0.29, 0.717) is 17.5 Å². The number of rotatable bonds is 4. The molecule has 0 unspecified atom stereocenters. The number of benzene rings is 1. The molecule has 0 heterocycles. The highest BCUT2D eigenvalue weighted by atomic mass is 19.1. The third-order valence-corrected chi connectivity index (χ3v) is 4.61. The smallest absolute Gasteiger partial charge is 0.331 e. The predicted octanol–water partition coefficient (Wildman–Crippen LogP) is 4.00. The van der Waals surface area contributed by atoms with Crippen molar-refractivity contribution in [1.82, 2.24) is 0 Å². The van der Waals surface area contributed by atoms with E-state index in [1.165, 1.54) is 19.2 Å². The number of esters is 1. The minimum atomic E-state index is -0.728. The first kappa shape index (κ1) is 15.8. The maximum absolute atomic E-state index is 13.3. The van der Waals surface area contributed by atoms with Gasteiger partial charge in [-0.15, -0.1) is 0 Å². The van der Waals surface area contributed by atoms with Gasteiger partial charge in [-0.1, -0.05) is 19.9 Å². The predicted molar refractivity (Wildman–Crippen MR) is 81.6 cm³/mol. The van der Waals surface area contributed by atoms with Crippen LogP contribution in [0.15, 0.2) is 24.3 Å². The summed E-state index contributed by atoms with van der Waals surface area (Å²) in [7, 11) is 1.41. The molecule has 21 heavy (non-hydrogen) atoms. The number of ether oxygens (including phenoxy) is 1. The first-order valence-corrected chi connectivity index (χ1v) is 7.59. The SMILES string of the molecule is COC(=O)C1(Nc2cccc(F)c2)CCC(C(C)C)CC1. The van der Waals surface area contributed by atoms with Gasteiger partial charge in [0.1, 0.15) is 11.4 Å². The summed E-state index contributed by atoms with van der Waals surface area (Å²) in [4.78, 5) is 12.3. The van der Waals surface area contributed by atoms with E-state index in [2.05, 4.69) is 19.2 Å². The topological polar surface area (TPSA) is 38.3 Å². The summed E-state index contributed by atoms with van der Waals surface area (Å²) in [6.07, 6.45) is 3.40. The quantitative estimate of drug-likeness (QED) is 0.853. The Morgan fingerprint density at radius 1 is 1.38 bits per heavy atom. The average molecular weight is 293 g/mol. The highest BCUT2D eigenvalue weighted by molar-refractivity contribution is 5.84. The summed E-state index contributed by atoms with van der Waals surface area (Å²) in [5.41, 5.74) is -0.100. The lowest BCUT2D eigenvalue weighted by Gasteiger charge is -2.40. The molecule has 1 aromatic carbocycles. The Morgan fingerprint density at radius 2 is 2.05 bits per heavy atom. The van der Waals surface area contributed by atoms with Gasteiger partial charge in [0.05, 0.1) is 7.11 Å². The molecule has 0 atom stereocenters. The largest absolute Gasteiger partial charge is 0.467 e. The van der Waals surface area contributed by atoms with Crippen molar-refractivity contribution in [2.75, 3.05) is 12.4 Å². The molecule has 1 aliphatic carbocycles. The number of carbonyl (C=O) groups excluding carboxylic acids is 1. The molecule has 0 aromatic heterocycles. The number of carbonyl (C=O) groups is 1. The molecule has 0 bridgehead atoms. The fourth-order valence-electron chi connectivity index (χ4n) is 3.22. The van der Waals surface area contributed by atoms with Crippen LogP contribution in [0.4, 0.5) is 10.1 Å². The van der Waals surface area contributed by atoms with E-state index in [1.807, 2.05) is 0 Å². The third kappa shape index (κ3) is 3.55. The van der Waals surface area contributed by atoms with Gasteiger partial charge in [-0.25, -0.2) is 9.18 Å². The summed E-state index contributed by atoms with van der Waals surface area (Å²) >= 11 is 0. The Morgan fingerprint density at radius 3 is 2.57 bits per heavy atom. The van der Waals surface area contributed by atoms with Crippen LogP contribution in [0.2, 0.25) is 0 Å². The van der Waals surface area contributed by atoms with E-state index in [0.717, 1.165) is 25.7 Å². The number of anilines is 1. The van der Waals surface area contributed by atoms with Crippen LogP contribution in [-0.4, -0.2) is 18.6 Å². The normalized spacial score (nSPS) is 25.7. The highest BCUT2D eigenvalue weighted by Crippen LogP contribution is 2.38. The lowest BCUT2D eigenvalue weighted by Crippen LogP contribution is -2.50. The van der Waals surface area contributed by atoms with Crippen LogP contribution in [-0.2, 0) is 9.53 Å². The Kier molecular flexibility index (Phi) is 4.86. The van der Waals surface area contributed by atoms with Gasteiger partial charge in [0.25, 0.3) is 0 Å². The summed E-state index contributed by atoms with van der Waals surface area (Å²) in [5.74, 6) is 0.691. The zero-order valence-corrected chi connectivity index (χ0v) is 13.0. The van der Waals surface area contributed by atoms with Gasteiger partial charge in [-0.2, -0.15) is 0 Å². The summed E-state index contributed by atoms with van der Waals surface area (Å²) in [6.45, 7) is 4.44. The van der Waals surface area contributed by atoms with E-state index >= 15 is 0 Å². The molecule has 0 spiro atoms. The molecule has 3 nitrogen and oxygen atoms in total. The molecule has 2 rings (SSSR count). The standard InChI is InChI=1S/C17H24FNO2/c1-12(2)13-7-9-17(10-8-13,16(20)21-3)19-15-6-4-5-14(18)11-15/h4-6,11-13,19H,7-10H2,1-3H3. The second kappa shape index (κ2) is 6.46. The zero-order valence-electron chi connectivity index (χ0n) is 13.0. The van der Waals surface area contributed by atoms with Gasteiger partial charge < -0.3 is 10.1 Å². The fraction of sp³-hybridized carbons (Fsp3) is 0.588. The maximum Gasteiger partial charge on any atom is 0.331 e. The van der Waals surface area contributed by atoms with Crippen molar-refractivity contribution >= 4 is 11.7 Å². The molecule has 1 N–H and O–H groups in total. The second-order valence-electron chi connectivity index (χ2n) is 6.29. The Labute approximate surface area is 125 Å². The molecular formula is C17H24FNO2. The van der Waals surface area contributed by atoms with Gasteiger partial charge in [0, 0.05) is 5.69 Å². The van der Waals surface area contributed by atoms with Gasteiger partial charge >= 0.3 is 5.97 Å². The van der Waals surface area contributed by atoms with Crippen molar-refractivity contribution in [2.24, 2.45) is 11.8 Å². The van der Waals surface area contributed by atoms with Crippen LogP contribution >= 0.6 is 0 Å². The average Bonchev–Trinajstić information content (AvgIpc) is 2.46. The Balaban J connectivity index is 2.17. The van der Waals surface area contributed by atoms with Crippen LogP contribution in [0.3, 0.4) is 0 Å². The van der Waals surface area contributed by atoms with Crippen LogP contribution < -0.4 is 5.32 Å². The molecular weight excluding hydrogens is 269 g/mol. The van der Waals surface area contributed by atoms with Crippen molar-refractivity contribution in [3.63, 3.8) is 0 Å². The second-order valence-corrected chi connectivity index (χ2v) is 6.29. The summed E-state index contributed by atoms with van der Waals surface area (Å²) in [6, 6.07) is 6.23. The number of hydrogen-bond acceptors (Lipinski definition) is 3. The molecule has 1 fully saturated rings. The monoisotopic (exact) mass is 293 g/mol. The third-order valence-electron chi connectivity index (χ3n) is 4.61. The minimum absolute atomic E-state index is 0.256. The summed E-state index contributed by atoms with van der Waals surface area (Å²) < 4.78 is 18.3. The Bertz CT molecular complexity index is 493. The lowest BCUT2D eigenvalue weighted by atomic mass is 9.72. The van der Waals surface area contributed by atoms with Gasteiger partial charge in [0.2, 0.25) is 0 Å². The van der Waals surface area contributed by atoms with E-state index in [-0.39, 0.29) is 11.8 Å². The first-order chi connectivity index (χ1) is 9.97. The van der Waals surface area contributed by atoms with Crippen LogP contribution in [0.5, 0.6) is 0 Å². The molecule has 0 aliphatic heterocycles. The molecule has 0 saturated heterocycles. The molecule has 0 amide bonds. The van der Waals surface area contributed by atoms with Crippen LogP contribution in [0, 0.1) is 17.7 Å². The van der Waals surface area contributed by atoms with Crippen LogP contribution in [0.1, 0.15) is 39.5 Å². The van der Waals surface area contributed by atoms with Crippen LogP contribution in [0.25, 0.3) is 0 Å². The van der Waals surface area contributed by atoms with Gasteiger partial charge in [-0.05, 0) is 55.7 Å². The number of methoxy groups -OCH3 is 1. The number of nitrogens with one attached hydrogen (secondary N) is 1. The number of hydrogen-bond donors (Lipinski definition) is 1. The maximum atomic E-state index is 13.3. The molecule has 0 radical (unpaired) electrons. The Hall–Kier alpha value is -1.58. The van der Waals surface area contributed by atoms with E-state index in [4.69, 9.17) is 4.74 Å². The molecule has 1 aromatic rings. The molecule has 1 aliphatic rings. The van der Waals surface area contributed by atoms with Crippen molar-refractivity contribution in [1.29, 1.82) is 0 Å². The molecule has 116 valence electrons. The van der Waals surface area contributed by atoms with Crippen molar-refractivity contribution < 1.29 is 13.9 Å². The molecule has 1 saturated carbocycles. The lowest BCUT2D eigenvalue weighted by molar-refractivity contribution is -0.147. The molecule has 4 heteroatoms. The highest BCUT2D eigenvalue weighted by Gasteiger charge is 2.43. The van der Waals surface area contributed by atoms with Crippen molar-refractivity contribution in [3.8, 4) is 0 Å². The fourth-order valence-corrected chi connectivity index (χ4v) is 3.22. The minimum Gasteiger partial charge on any atom is -0.467 e. The van der Waals surface area contributed by atoms with Crippen molar-refractivity contribution in [2.45, 2.75) is 45.1 Å². The van der Waals surface area contributed by atoms with E-state index < -0.39 is 5.54 Å². The first-order valence-electron chi connectivity index (χ1n) is 7.59. The van der Waals surface area contributed by atoms with Gasteiger partial charge in [-0.3, -0.25) is 0 Å². The van der Waals surface area contributed by atoms with E-state index in [1.54, 1.807) is 12.1 Å². The van der Waals surface area contributed by atoms with E-state index in [9.17, 15) is 9.18 Å². The van der Waals surface area contributed by atoms with Gasteiger partial charge in [0.15, 0.2) is 0 Å². The van der Waals surface area contributed by atoms with Crippen molar-refractivity contribution in [3.05, 3.63) is 30.1 Å². The summed E-state index contributed by atoms with van der Waals surface area (Å²) in [5, 5.41) is 3.23. The zero-order chi connectivity index (χ0) is 15.5.